The third kappa shape index (κ3) is 5.36. The first-order chi connectivity index (χ1) is 10.9. The van der Waals surface area contributed by atoms with Crippen LogP contribution in [-0.4, -0.2) is 16.9 Å². The molecule has 5 nitrogen and oxygen atoms in total. The number of rotatable bonds is 3. The maximum Gasteiger partial charge on any atom is 0.255 e. The molecule has 0 spiro atoms. The second kappa shape index (κ2) is 7.71. The van der Waals surface area contributed by atoms with Crippen LogP contribution in [0.1, 0.15) is 17.3 Å². The Hall–Kier alpha value is -2.44. The van der Waals surface area contributed by atoms with Crippen LogP contribution in [0.3, 0.4) is 0 Å². The summed E-state index contributed by atoms with van der Waals surface area (Å²) in [6, 6.07) is 13.6. The van der Waals surface area contributed by atoms with Gasteiger partial charge in [-0.25, -0.2) is 0 Å². The molecule has 0 radical (unpaired) electrons. The summed E-state index contributed by atoms with van der Waals surface area (Å²) in [6.07, 6.45) is 0. The highest BCUT2D eigenvalue weighted by atomic mass is 35.5. The van der Waals surface area contributed by atoms with Crippen LogP contribution in [0.5, 0.6) is 0 Å². The summed E-state index contributed by atoms with van der Waals surface area (Å²) in [6.45, 7) is 1.37. The Kier molecular flexibility index (Phi) is 5.67. The molecule has 2 aromatic carbocycles. The monoisotopic (exact) mass is 347 g/mol. The number of carbonyl (C=O) groups excluding carboxylic acids is 2. The number of hydrogen-bond acceptors (Lipinski definition) is 3. The van der Waals surface area contributed by atoms with E-state index in [1.54, 1.807) is 48.5 Å². The fourth-order valence-corrected chi connectivity index (χ4v) is 2.28. The minimum atomic E-state index is -0.269. The lowest BCUT2D eigenvalue weighted by Gasteiger charge is -2.10. The zero-order valence-electron chi connectivity index (χ0n) is 12.2. The second-order valence-corrected chi connectivity index (χ2v) is 5.53. The van der Waals surface area contributed by atoms with Crippen molar-refractivity contribution in [3.05, 3.63) is 59.1 Å². The predicted octanol–water partition coefficient (Wildman–Crippen LogP) is 3.43. The normalized spacial score (nSPS) is 9.83. The van der Waals surface area contributed by atoms with Gasteiger partial charge in [-0.15, -0.1) is 0 Å². The first-order valence-corrected chi connectivity index (χ1v) is 7.48. The van der Waals surface area contributed by atoms with Crippen LogP contribution < -0.4 is 16.0 Å². The number of benzene rings is 2. The summed E-state index contributed by atoms with van der Waals surface area (Å²) in [5.41, 5.74) is 1.70. The number of nitrogens with one attached hydrogen (secondary N) is 3. The van der Waals surface area contributed by atoms with Gasteiger partial charge in [-0.1, -0.05) is 23.7 Å². The molecule has 0 saturated carbocycles. The molecule has 0 saturated heterocycles. The van der Waals surface area contributed by atoms with Crippen LogP contribution in [0, 0.1) is 0 Å². The van der Waals surface area contributed by atoms with Gasteiger partial charge in [0.1, 0.15) is 0 Å². The van der Waals surface area contributed by atoms with E-state index < -0.39 is 0 Å². The van der Waals surface area contributed by atoms with Crippen molar-refractivity contribution >= 4 is 52.1 Å². The van der Waals surface area contributed by atoms with E-state index >= 15 is 0 Å². The van der Waals surface area contributed by atoms with Crippen LogP contribution in [0.4, 0.5) is 11.4 Å². The highest BCUT2D eigenvalue weighted by Gasteiger charge is 2.07. The molecule has 0 aliphatic rings. The fraction of sp³-hybridized carbons (Fsp3) is 0.0625. The third-order valence-corrected chi connectivity index (χ3v) is 3.19. The Labute approximate surface area is 144 Å². The average molecular weight is 348 g/mol. The summed E-state index contributed by atoms with van der Waals surface area (Å²) < 4.78 is 0. The van der Waals surface area contributed by atoms with E-state index in [2.05, 4.69) is 16.0 Å². The van der Waals surface area contributed by atoms with E-state index in [1.807, 2.05) is 0 Å². The molecule has 2 amide bonds. The van der Waals surface area contributed by atoms with E-state index in [1.165, 1.54) is 6.92 Å². The summed E-state index contributed by atoms with van der Waals surface area (Å²) >= 11 is 10.9. The standard InChI is InChI=1S/C16H14ClN3O2S/c1-10(21)18-16(23)20-14-7-3-6-13(9-14)19-15(22)11-4-2-5-12(17)8-11/h2-9H,1H3,(H,19,22)(H2,18,20,21,23). The van der Waals surface area contributed by atoms with E-state index in [-0.39, 0.29) is 16.9 Å². The first kappa shape index (κ1) is 16.9. The highest BCUT2D eigenvalue weighted by Crippen LogP contribution is 2.17. The molecule has 0 aromatic heterocycles. The van der Waals surface area contributed by atoms with Crippen molar-refractivity contribution in [3.63, 3.8) is 0 Å². The molecule has 118 valence electrons. The largest absolute Gasteiger partial charge is 0.332 e. The third-order valence-electron chi connectivity index (χ3n) is 2.75. The predicted molar refractivity (Wildman–Crippen MR) is 95.9 cm³/mol. The van der Waals surface area contributed by atoms with Gasteiger partial charge in [0.25, 0.3) is 5.91 Å². The number of carbonyl (C=O) groups is 2. The SMILES string of the molecule is CC(=O)NC(=S)Nc1cccc(NC(=O)c2cccc(Cl)c2)c1. The fourth-order valence-electron chi connectivity index (χ4n) is 1.83. The van der Waals surface area contributed by atoms with Crippen molar-refractivity contribution < 1.29 is 9.59 Å². The van der Waals surface area contributed by atoms with E-state index in [0.29, 0.717) is 22.0 Å². The van der Waals surface area contributed by atoms with Crippen molar-refractivity contribution in [2.75, 3.05) is 10.6 Å². The van der Waals surface area contributed by atoms with Crippen molar-refractivity contribution in [1.82, 2.24) is 5.32 Å². The molecule has 7 heteroatoms. The average Bonchev–Trinajstić information content (AvgIpc) is 2.46. The number of halogens is 1. The maximum atomic E-state index is 12.2. The van der Waals surface area contributed by atoms with Crippen LogP contribution in [0.25, 0.3) is 0 Å². The summed E-state index contributed by atoms with van der Waals surface area (Å²) in [4.78, 5) is 23.1. The zero-order chi connectivity index (χ0) is 16.8. The molecule has 0 unspecified atom stereocenters. The molecule has 0 bridgehead atoms. The van der Waals surface area contributed by atoms with Gasteiger partial charge in [0.15, 0.2) is 5.11 Å². The van der Waals surface area contributed by atoms with Gasteiger partial charge >= 0.3 is 0 Å². The van der Waals surface area contributed by atoms with Gasteiger partial charge in [0.05, 0.1) is 0 Å². The van der Waals surface area contributed by atoms with Crippen LogP contribution in [0.15, 0.2) is 48.5 Å². The lowest BCUT2D eigenvalue weighted by atomic mass is 10.2. The molecule has 2 rings (SSSR count). The molecule has 2 aromatic rings. The van der Waals surface area contributed by atoms with Crippen LogP contribution in [-0.2, 0) is 4.79 Å². The topological polar surface area (TPSA) is 70.2 Å². The molecule has 3 N–H and O–H groups in total. The molecule has 0 heterocycles. The van der Waals surface area contributed by atoms with Gasteiger partial charge < -0.3 is 16.0 Å². The molecule has 0 fully saturated rings. The Morgan fingerprint density at radius 1 is 1.00 bits per heavy atom. The van der Waals surface area contributed by atoms with E-state index in [0.717, 1.165) is 0 Å². The van der Waals surface area contributed by atoms with Crippen LogP contribution >= 0.6 is 23.8 Å². The van der Waals surface area contributed by atoms with Crippen molar-refractivity contribution in [2.24, 2.45) is 0 Å². The van der Waals surface area contributed by atoms with Crippen molar-refractivity contribution in [2.45, 2.75) is 6.92 Å². The Balaban J connectivity index is 2.06. The summed E-state index contributed by atoms with van der Waals surface area (Å²) in [7, 11) is 0. The Morgan fingerprint density at radius 2 is 1.65 bits per heavy atom. The lowest BCUT2D eigenvalue weighted by Crippen LogP contribution is -2.32. The number of hydrogen-bond donors (Lipinski definition) is 3. The molecule has 0 aliphatic heterocycles. The Bertz CT molecular complexity index is 764. The summed E-state index contributed by atoms with van der Waals surface area (Å²) in [5, 5.41) is 8.78. The minimum Gasteiger partial charge on any atom is -0.332 e. The number of amides is 2. The van der Waals surface area contributed by atoms with Gasteiger partial charge in [0, 0.05) is 28.9 Å². The number of anilines is 2. The van der Waals surface area contributed by atoms with E-state index in [4.69, 9.17) is 23.8 Å². The summed E-state index contributed by atoms with van der Waals surface area (Å²) in [5.74, 6) is -0.526. The van der Waals surface area contributed by atoms with Gasteiger partial charge in [-0.2, -0.15) is 0 Å². The van der Waals surface area contributed by atoms with Crippen LogP contribution in [0.2, 0.25) is 5.02 Å². The van der Waals surface area contributed by atoms with E-state index in [9.17, 15) is 9.59 Å². The minimum absolute atomic E-state index is 0.191. The molecule has 0 atom stereocenters. The quantitative estimate of drug-likeness (QED) is 0.744. The smallest absolute Gasteiger partial charge is 0.255 e. The van der Waals surface area contributed by atoms with Gasteiger partial charge in [0.2, 0.25) is 5.91 Å². The molecule has 0 aliphatic carbocycles. The van der Waals surface area contributed by atoms with Gasteiger partial charge in [-0.3, -0.25) is 9.59 Å². The number of thiocarbonyl (C=S) groups is 1. The molecular formula is C16H14ClN3O2S. The first-order valence-electron chi connectivity index (χ1n) is 6.69. The van der Waals surface area contributed by atoms with Crippen molar-refractivity contribution in [1.29, 1.82) is 0 Å². The van der Waals surface area contributed by atoms with Gasteiger partial charge in [-0.05, 0) is 48.6 Å². The zero-order valence-corrected chi connectivity index (χ0v) is 13.8. The maximum absolute atomic E-state index is 12.2. The lowest BCUT2D eigenvalue weighted by molar-refractivity contribution is -0.117. The molecule has 23 heavy (non-hydrogen) atoms. The van der Waals surface area contributed by atoms with Crippen molar-refractivity contribution in [3.8, 4) is 0 Å². The highest BCUT2D eigenvalue weighted by molar-refractivity contribution is 7.80. The second-order valence-electron chi connectivity index (χ2n) is 4.68. The molecular weight excluding hydrogens is 334 g/mol. The Morgan fingerprint density at radius 3 is 2.30 bits per heavy atom.